The van der Waals surface area contributed by atoms with Gasteiger partial charge in [0.1, 0.15) is 11.4 Å². The molecule has 4 heterocycles. The number of aromatic amines is 1. The fraction of sp³-hybridized carbons (Fsp3) is 0.355. The second-order valence-electron chi connectivity index (χ2n) is 11.5. The largest absolute Gasteiger partial charge is 0.487 e. The van der Waals surface area contributed by atoms with Crippen molar-refractivity contribution in [2.75, 3.05) is 25.5 Å². The first-order chi connectivity index (χ1) is 19.3. The molecule has 3 N–H and O–H groups in total. The number of anilines is 1. The van der Waals surface area contributed by atoms with Gasteiger partial charge in [0, 0.05) is 54.3 Å². The van der Waals surface area contributed by atoms with Gasteiger partial charge in [0.05, 0.1) is 11.6 Å². The number of fused-ring (bicyclic) bond motifs is 1. The van der Waals surface area contributed by atoms with Crippen LogP contribution in [0.1, 0.15) is 60.9 Å². The van der Waals surface area contributed by atoms with E-state index in [1.54, 1.807) is 12.4 Å². The average Bonchev–Trinajstić information content (AvgIpc) is 3.46. The maximum absolute atomic E-state index is 13.5. The minimum Gasteiger partial charge on any atom is -0.487 e. The van der Waals surface area contributed by atoms with E-state index < -0.39 is 5.54 Å². The number of ether oxygens (including phenoxy) is 1. The molecule has 9 heteroatoms. The summed E-state index contributed by atoms with van der Waals surface area (Å²) >= 11 is 0. The predicted octanol–water partition coefficient (Wildman–Crippen LogP) is 4.93. The molecule has 2 aromatic heterocycles. The first kappa shape index (κ1) is 26.0. The molecule has 2 aromatic carbocycles. The lowest BCUT2D eigenvalue weighted by Crippen LogP contribution is -2.46. The SMILES string of the molecule is CN1CCC(Nc2cccc(C(=O)N[C@H]3CC(C)(C)Oc4ccccc43)c2)(c2nc(-c3ccncc3)n[nH]2)CC1. The lowest BCUT2D eigenvalue weighted by atomic mass is 9.86. The van der Waals surface area contributed by atoms with Crippen molar-refractivity contribution in [3.8, 4) is 17.1 Å². The molecule has 1 saturated heterocycles. The molecule has 6 rings (SSSR count). The van der Waals surface area contributed by atoms with E-state index in [-0.39, 0.29) is 17.6 Å². The zero-order valence-electron chi connectivity index (χ0n) is 23.1. The van der Waals surface area contributed by atoms with E-state index in [1.165, 1.54) is 0 Å². The van der Waals surface area contributed by atoms with Gasteiger partial charge in [-0.05, 0) is 70.1 Å². The molecule has 1 atom stereocenters. The molecule has 2 aliphatic heterocycles. The van der Waals surface area contributed by atoms with Crippen molar-refractivity contribution in [1.29, 1.82) is 0 Å². The third-order valence-corrected chi connectivity index (χ3v) is 7.91. The van der Waals surface area contributed by atoms with Crippen LogP contribution in [-0.2, 0) is 5.54 Å². The number of nitrogens with zero attached hydrogens (tertiary/aromatic N) is 4. The van der Waals surface area contributed by atoms with Gasteiger partial charge < -0.3 is 20.3 Å². The third kappa shape index (κ3) is 5.29. The van der Waals surface area contributed by atoms with Gasteiger partial charge in [0.25, 0.3) is 5.91 Å². The number of piperidine rings is 1. The molecule has 1 fully saturated rings. The number of para-hydroxylation sites is 1. The third-order valence-electron chi connectivity index (χ3n) is 7.91. The first-order valence-electron chi connectivity index (χ1n) is 13.8. The molecule has 206 valence electrons. The summed E-state index contributed by atoms with van der Waals surface area (Å²) < 4.78 is 6.15. The number of carbonyl (C=O) groups excluding carboxylic acids is 1. The Balaban J connectivity index is 1.25. The number of hydrogen-bond donors (Lipinski definition) is 3. The fourth-order valence-electron chi connectivity index (χ4n) is 5.71. The van der Waals surface area contributed by atoms with E-state index in [2.05, 4.69) is 51.6 Å². The van der Waals surface area contributed by atoms with Crippen molar-refractivity contribution >= 4 is 11.6 Å². The van der Waals surface area contributed by atoms with Crippen molar-refractivity contribution < 1.29 is 9.53 Å². The number of benzene rings is 2. The molecule has 0 unspecified atom stereocenters. The van der Waals surface area contributed by atoms with E-state index in [0.717, 1.165) is 54.3 Å². The zero-order chi connectivity index (χ0) is 27.7. The van der Waals surface area contributed by atoms with Gasteiger partial charge in [0.15, 0.2) is 11.6 Å². The van der Waals surface area contributed by atoms with Crippen LogP contribution in [0.3, 0.4) is 0 Å². The topological polar surface area (TPSA) is 108 Å². The Kier molecular flexibility index (Phi) is 6.75. The Labute approximate surface area is 234 Å². The van der Waals surface area contributed by atoms with Crippen LogP contribution in [0.25, 0.3) is 11.4 Å². The number of rotatable bonds is 6. The standard InChI is InChI=1S/C31H35N7O2/c1-30(2)20-25(24-9-4-5-10-26(24)40-30)33-28(39)22-7-6-8-23(19-22)35-31(13-17-38(3)18-14-31)29-34-27(36-37-29)21-11-15-32-16-12-21/h4-12,15-16,19,25,35H,13-14,17-18,20H2,1-3H3,(H,33,39)(H,34,36,37)/t25-/m0/s1. The van der Waals surface area contributed by atoms with Crippen LogP contribution < -0.4 is 15.4 Å². The summed E-state index contributed by atoms with van der Waals surface area (Å²) in [7, 11) is 2.13. The molecule has 0 spiro atoms. The quantitative estimate of drug-likeness (QED) is 0.320. The molecule has 1 amide bonds. The summed E-state index contributed by atoms with van der Waals surface area (Å²) in [6.07, 6.45) is 5.87. The Morgan fingerprint density at radius 3 is 2.62 bits per heavy atom. The van der Waals surface area contributed by atoms with Crippen molar-refractivity contribution in [3.63, 3.8) is 0 Å². The minimum atomic E-state index is -0.441. The summed E-state index contributed by atoms with van der Waals surface area (Å²) in [5.41, 5.74) is 2.57. The normalized spacial score (nSPS) is 19.7. The van der Waals surface area contributed by atoms with Crippen LogP contribution in [0.4, 0.5) is 5.69 Å². The number of amides is 1. The molecule has 0 radical (unpaired) electrons. The lowest BCUT2D eigenvalue weighted by Gasteiger charge is -2.40. The highest BCUT2D eigenvalue weighted by Gasteiger charge is 2.39. The van der Waals surface area contributed by atoms with Crippen molar-refractivity contribution in [3.05, 3.63) is 90.0 Å². The Bertz CT molecular complexity index is 1490. The lowest BCUT2D eigenvalue weighted by molar-refractivity contribution is 0.0619. The number of carbonyl (C=O) groups is 1. The van der Waals surface area contributed by atoms with Crippen LogP contribution >= 0.6 is 0 Å². The molecule has 0 aliphatic carbocycles. The molecule has 40 heavy (non-hydrogen) atoms. The van der Waals surface area contributed by atoms with Gasteiger partial charge in [-0.15, -0.1) is 0 Å². The van der Waals surface area contributed by atoms with Crippen LogP contribution in [0.15, 0.2) is 73.1 Å². The molecule has 4 aromatic rings. The maximum atomic E-state index is 13.5. The van der Waals surface area contributed by atoms with E-state index in [9.17, 15) is 4.79 Å². The molecule has 9 nitrogen and oxygen atoms in total. The summed E-state index contributed by atoms with van der Waals surface area (Å²) in [5.74, 6) is 2.15. The highest BCUT2D eigenvalue weighted by Crippen LogP contribution is 2.40. The van der Waals surface area contributed by atoms with E-state index in [1.807, 2.05) is 60.7 Å². The van der Waals surface area contributed by atoms with E-state index >= 15 is 0 Å². The number of pyridine rings is 1. The van der Waals surface area contributed by atoms with Crippen molar-refractivity contribution in [1.82, 2.24) is 30.4 Å². The number of hydrogen-bond acceptors (Lipinski definition) is 7. The molecular weight excluding hydrogens is 502 g/mol. The minimum absolute atomic E-state index is 0.113. The van der Waals surface area contributed by atoms with Crippen molar-refractivity contribution in [2.45, 2.75) is 50.3 Å². The van der Waals surface area contributed by atoms with Gasteiger partial charge in [-0.1, -0.05) is 24.3 Å². The van der Waals surface area contributed by atoms with Gasteiger partial charge in [-0.3, -0.25) is 14.9 Å². The maximum Gasteiger partial charge on any atom is 0.251 e. The van der Waals surface area contributed by atoms with Gasteiger partial charge in [-0.25, -0.2) is 4.98 Å². The van der Waals surface area contributed by atoms with Crippen LogP contribution in [-0.4, -0.2) is 56.7 Å². The first-order valence-corrected chi connectivity index (χ1v) is 13.8. The fourth-order valence-corrected chi connectivity index (χ4v) is 5.71. The van der Waals surface area contributed by atoms with Gasteiger partial charge in [0.2, 0.25) is 0 Å². The summed E-state index contributed by atoms with van der Waals surface area (Å²) in [5, 5.41) is 14.7. The predicted molar refractivity (Wildman–Crippen MR) is 154 cm³/mol. The molecule has 0 saturated carbocycles. The highest BCUT2D eigenvalue weighted by molar-refractivity contribution is 5.95. The molecular formula is C31H35N7O2. The second kappa shape index (κ2) is 10.4. The number of likely N-dealkylation sites (tertiary alicyclic amines) is 1. The smallest absolute Gasteiger partial charge is 0.251 e. The number of nitrogens with one attached hydrogen (secondary N) is 3. The average molecular weight is 538 g/mol. The molecule has 0 bridgehead atoms. The summed E-state index contributed by atoms with van der Waals surface area (Å²) in [6, 6.07) is 19.3. The second-order valence-corrected chi connectivity index (χ2v) is 11.5. The van der Waals surface area contributed by atoms with Crippen molar-refractivity contribution in [2.24, 2.45) is 0 Å². The van der Waals surface area contributed by atoms with E-state index in [4.69, 9.17) is 9.72 Å². The zero-order valence-corrected chi connectivity index (χ0v) is 23.1. The Morgan fingerprint density at radius 1 is 1.05 bits per heavy atom. The van der Waals surface area contributed by atoms with Crippen LogP contribution in [0.5, 0.6) is 5.75 Å². The van der Waals surface area contributed by atoms with E-state index in [0.29, 0.717) is 17.8 Å². The number of H-pyrrole nitrogens is 1. The van der Waals surface area contributed by atoms with Gasteiger partial charge in [-0.2, -0.15) is 5.10 Å². The highest BCUT2D eigenvalue weighted by atomic mass is 16.5. The van der Waals surface area contributed by atoms with Gasteiger partial charge >= 0.3 is 0 Å². The Morgan fingerprint density at radius 2 is 1.82 bits per heavy atom. The monoisotopic (exact) mass is 537 g/mol. The Hall–Kier alpha value is -4.24. The summed E-state index contributed by atoms with van der Waals surface area (Å²) in [4.78, 5) is 24.8. The van der Waals surface area contributed by atoms with Crippen LogP contribution in [0, 0.1) is 0 Å². The number of aromatic nitrogens is 4. The summed E-state index contributed by atoms with van der Waals surface area (Å²) in [6.45, 7) is 5.93. The molecule has 2 aliphatic rings. The van der Waals surface area contributed by atoms with Crippen LogP contribution in [0.2, 0.25) is 0 Å².